The number of anilines is 1. The fraction of sp³-hybridized carbons (Fsp3) is 0.273. The topological polar surface area (TPSA) is 83.6 Å². The summed E-state index contributed by atoms with van der Waals surface area (Å²) in [7, 11) is 0. The molecule has 1 aliphatic rings. The fourth-order valence-electron chi connectivity index (χ4n) is 1.86. The van der Waals surface area contributed by atoms with Crippen LogP contribution in [0.2, 0.25) is 10.0 Å². The predicted molar refractivity (Wildman–Crippen MR) is 67.8 cm³/mol. The molecule has 1 aromatic rings. The number of halogens is 2. The zero-order valence-corrected chi connectivity index (χ0v) is 10.7. The molecule has 0 radical (unpaired) electrons. The SMILES string of the molecule is NC(=O)C1CC(=O)N(c2cc(Cl)c(O)c(Cl)c2)C1. The van der Waals surface area contributed by atoms with E-state index in [9.17, 15) is 14.7 Å². The van der Waals surface area contributed by atoms with Crippen molar-refractivity contribution in [2.24, 2.45) is 11.7 Å². The van der Waals surface area contributed by atoms with Gasteiger partial charge in [0.1, 0.15) is 0 Å². The number of nitrogens with two attached hydrogens (primary N) is 1. The largest absolute Gasteiger partial charge is 0.505 e. The van der Waals surface area contributed by atoms with E-state index in [4.69, 9.17) is 28.9 Å². The van der Waals surface area contributed by atoms with Gasteiger partial charge in [-0.25, -0.2) is 0 Å². The second-order valence-corrected chi connectivity index (χ2v) is 4.88. The molecular weight excluding hydrogens is 279 g/mol. The summed E-state index contributed by atoms with van der Waals surface area (Å²) in [4.78, 5) is 24.2. The van der Waals surface area contributed by atoms with Crippen molar-refractivity contribution < 1.29 is 14.7 Å². The molecule has 1 aromatic carbocycles. The Kier molecular flexibility index (Phi) is 3.36. The van der Waals surface area contributed by atoms with E-state index < -0.39 is 11.8 Å². The van der Waals surface area contributed by atoms with Crippen LogP contribution in [0, 0.1) is 5.92 Å². The number of amides is 2. The number of phenolic OH excluding ortho intramolecular Hbond substituents is 1. The summed E-state index contributed by atoms with van der Waals surface area (Å²) < 4.78 is 0. The Morgan fingerprint density at radius 3 is 2.39 bits per heavy atom. The van der Waals surface area contributed by atoms with Crippen molar-refractivity contribution in [3.63, 3.8) is 0 Å². The van der Waals surface area contributed by atoms with Gasteiger partial charge in [-0.3, -0.25) is 9.59 Å². The van der Waals surface area contributed by atoms with Gasteiger partial charge in [-0.1, -0.05) is 23.2 Å². The van der Waals surface area contributed by atoms with E-state index in [1.54, 1.807) is 0 Å². The molecule has 0 saturated carbocycles. The molecule has 1 aliphatic heterocycles. The van der Waals surface area contributed by atoms with Crippen LogP contribution in [0.5, 0.6) is 5.75 Å². The van der Waals surface area contributed by atoms with Gasteiger partial charge >= 0.3 is 0 Å². The average Bonchev–Trinajstić information content (AvgIpc) is 2.68. The number of hydrogen-bond acceptors (Lipinski definition) is 3. The second kappa shape index (κ2) is 4.66. The number of carbonyl (C=O) groups is 2. The van der Waals surface area contributed by atoms with Crippen LogP contribution in [-0.2, 0) is 9.59 Å². The van der Waals surface area contributed by atoms with Gasteiger partial charge in [0.05, 0.1) is 16.0 Å². The van der Waals surface area contributed by atoms with Crippen LogP contribution in [0.1, 0.15) is 6.42 Å². The summed E-state index contributed by atoms with van der Waals surface area (Å²) in [5.74, 6) is -1.48. The molecule has 18 heavy (non-hydrogen) atoms. The Hall–Kier alpha value is -1.46. The lowest BCUT2D eigenvalue weighted by molar-refractivity contribution is -0.123. The lowest BCUT2D eigenvalue weighted by Gasteiger charge is -2.17. The number of primary amides is 1. The maximum atomic E-state index is 11.8. The highest BCUT2D eigenvalue weighted by atomic mass is 35.5. The van der Waals surface area contributed by atoms with Crippen molar-refractivity contribution >= 4 is 40.7 Å². The maximum Gasteiger partial charge on any atom is 0.227 e. The van der Waals surface area contributed by atoms with Crippen molar-refractivity contribution in [3.8, 4) is 5.75 Å². The first kappa shape index (κ1) is 13.0. The van der Waals surface area contributed by atoms with Crippen molar-refractivity contribution in [1.29, 1.82) is 0 Å². The molecule has 5 nitrogen and oxygen atoms in total. The standard InChI is InChI=1S/C11H10Cl2N2O3/c12-7-2-6(3-8(13)10(7)17)15-4-5(11(14)18)1-9(15)16/h2-3,5,17H,1,4H2,(H2,14,18). The molecule has 0 aromatic heterocycles. The van der Waals surface area contributed by atoms with Crippen LogP contribution in [0.25, 0.3) is 0 Å². The summed E-state index contributed by atoms with van der Waals surface area (Å²) >= 11 is 11.6. The van der Waals surface area contributed by atoms with Gasteiger partial charge in [0.15, 0.2) is 5.75 Å². The minimum atomic E-state index is -0.512. The molecular formula is C11H10Cl2N2O3. The molecule has 2 rings (SSSR count). The third kappa shape index (κ3) is 2.23. The second-order valence-electron chi connectivity index (χ2n) is 4.07. The van der Waals surface area contributed by atoms with Gasteiger partial charge in [0.2, 0.25) is 11.8 Å². The van der Waals surface area contributed by atoms with E-state index in [0.29, 0.717) is 5.69 Å². The minimum Gasteiger partial charge on any atom is -0.505 e. The van der Waals surface area contributed by atoms with E-state index >= 15 is 0 Å². The minimum absolute atomic E-state index is 0.0489. The quantitative estimate of drug-likeness (QED) is 0.866. The number of aromatic hydroxyl groups is 1. The molecule has 2 amide bonds. The molecule has 1 heterocycles. The van der Waals surface area contributed by atoms with Gasteiger partial charge in [0, 0.05) is 18.7 Å². The molecule has 3 N–H and O–H groups in total. The summed E-state index contributed by atoms with van der Waals surface area (Å²) in [6, 6.07) is 2.84. The highest BCUT2D eigenvalue weighted by molar-refractivity contribution is 6.37. The van der Waals surface area contributed by atoms with E-state index in [-0.39, 0.29) is 34.7 Å². The van der Waals surface area contributed by atoms with Crippen molar-refractivity contribution in [1.82, 2.24) is 0 Å². The van der Waals surface area contributed by atoms with Crippen LogP contribution in [-0.4, -0.2) is 23.5 Å². The molecule has 0 bridgehead atoms. The first-order valence-electron chi connectivity index (χ1n) is 5.18. The first-order chi connectivity index (χ1) is 8.40. The average molecular weight is 289 g/mol. The molecule has 1 fully saturated rings. The molecule has 7 heteroatoms. The lowest BCUT2D eigenvalue weighted by Crippen LogP contribution is -2.28. The Labute approximate surface area is 113 Å². The van der Waals surface area contributed by atoms with E-state index in [1.807, 2.05) is 0 Å². The van der Waals surface area contributed by atoms with Gasteiger partial charge in [0.25, 0.3) is 0 Å². The summed E-state index contributed by atoms with van der Waals surface area (Å²) in [6.45, 7) is 0.200. The van der Waals surface area contributed by atoms with Gasteiger partial charge < -0.3 is 15.7 Å². The Balaban J connectivity index is 2.33. The van der Waals surface area contributed by atoms with Crippen molar-refractivity contribution in [2.45, 2.75) is 6.42 Å². The van der Waals surface area contributed by atoms with Crippen LogP contribution in [0.4, 0.5) is 5.69 Å². The summed E-state index contributed by atoms with van der Waals surface area (Å²) in [5.41, 5.74) is 5.62. The number of phenols is 1. The molecule has 1 saturated heterocycles. The highest BCUT2D eigenvalue weighted by Crippen LogP contribution is 2.37. The van der Waals surface area contributed by atoms with E-state index in [0.717, 1.165) is 0 Å². The fourth-order valence-corrected chi connectivity index (χ4v) is 2.33. The number of nitrogens with zero attached hydrogens (tertiary/aromatic N) is 1. The Morgan fingerprint density at radius 2 is 1.94 bits per heavy atom. The maximum absolute atomic E-state index is 11.8. The van der Waals surface area contributed by atoms with Gasteiger partial charge in [-0.05, 0) is 12.1 Å². The molecule has 0 aliphatic carbocycles. The number of rotatable bonds is 2. The Morgan fingerprint density at radius 1 is 1.39 bits per heavy atom. The third-order valence-corrected chi connectivity index (χ3v) is 3.42. The van der Waals surface area contributed by atoms with Crippen LogP contribution < -0.4 is 10.6 Å². The highest BCUT2D eigenvalue weighted by Gasteiger charge is 2.34. The number of hydrogen-bond donors (Lipinski definition) is 2. The monoisotopic (exact) mass is 288 g/mol. The van der Waals surface area contributed by atoms with Crippen LogP contribution >= 0.6 is 23.2 Å². The number of benzene rings is 1. The lowest BCUT2D eigenvalue weighted by atomic mass is 10.1. The molecule has 1 unspecified atom stereocenters. The summed E-state index contributed by atoms with van der Waals surface area (Å²) in [5, 5.41) is 9.54. The van der Waals surface area contributed by atoms with Crippen molar-refractivity contribution in [2.75, 3.05) is 11.4 Å². The first-order valence-corrected chi connectivity index (χ1v) is 5.93. The summed E-state index contributed by atoms with van der Waals surface area (Å²) in [6.07, 6.45) is 0.0748. The zero-order valence-electron chi connectivity index (χ0n) is 9.19. The number of carbonyl (C=O) groups excluding carboxylic acids is 2. The van der Waals surface area contributed by atoms with Gasteiger partial charge in [-0.2, -0.15) is 0 Å². The third-order valence-electron chi connectivity index (χ3n) is 2.84. The molecule has 0 spiro atoms. The van der Waals surface area contributed by atoms with E-state index in [2.05, 4.69) is 0 Å². The molecule has 1 atom stereocenters. The zero-order chi connectivity index (χ0) is 13.4. The Bertz CT molecular complexity index is 510. The van der Waals surface area contributed by atoms with Gasteiger partial charge in [-0.15, -0.1) is 0 Å². The smallest absolute Gasteiger partial charge is 0.227 e. The normalized spacial score (nSPS) is 19.3. The molecule has 96 valence electrons. The predicted octanol–water partition coefficient (Wildman–Crippen LogP) is 1.54. The van der Waals surface area contributed by atoms with Crippen molar-refractivity contribution in [3.05, 3.63) is 22.2 Å². The van der Waals surface area contributed by atoms with Crippen LogP contribution in [0.3, 0.4) is 0 Å². The van der Waals surface area contributed by atoms with Crippen LogP contribution in [0.15, 0.2) is 12.1 Å². The van der Waals surface area contributed by atoms with E-state index in [1.165, 1.54) is 17.0 Å².